The van der Waals surface area contributed by atoms with E-state index >= 15 is 0 Å². The third kappa shape index (κ3) is 2.22. The second kappa shape index (κ2) is 3.95. The van der Waals surface area contributed by atoms with E-state index in [9.17, 15) is 0 Å². The third-order valence-corrected chi connectivity index (χ3v) is 2.85. The molecule has 0 bridgehead atoms. The van der Waals surface area contributed by atoms with Crippen molar-refractivity contribution in [1.29, 1.82) is 0 Å². The van der Waals surface area contributed by atoms with Crippen molar-refractivity contribution in [1.82, 2.24) is 0 Å². The zero-order valence-corrected chi connectivity index (χ0v) is 8.90. The topological polar surface area (TPSA) is 12.4 Å². The summed E-state index contributed by atoms with van der Waals surface area (Å²) >= 11 is 0. The van der Waals surface area contributed by atoms with E-state index in [-0.39, 0.29) is 0 Å². The van der Waals surface area contributed by atoms with E-state index in [1.54, 1.807) is 0 Å². The van der Waals surface area contributed by atoms with Gasteiger partial charge in [-0.1, -0.05) is 30.3 Å². The Hall–Kier alpha value is -1.11. The van der Waals surface area contributed by atoms with E-state index in [4.69, 9.17) is 4.99 Å². The predicted octanol–water partition coefficient (Wildman–Crippen LogP) is 3.62. The molecule has 2 rings (SSSR count). The van der Waals surface area contributed by atoms with Gasteiger partial charge >= 0.3 is 0 Å². The molecule has 0 aromatic heterocycles. The van der Waals surface area contributed by atoms with Crippen LogP contribution < -0.4 is 0 Å². The number of aliphatic imine (C=N–C) groups is 1. The van der Waals surface area contributed by atoms with Gasteiger partial charge in [0.15, 0.2) is 0 Å². The fraction of sp³-hybridized carbons (Fsp3) is 0.462. The summed E-state index contributed by atoms with van der Waals surface area (Å²) in [6.45, 7) is 4.33. The van der Waals surface area contributed by atoms with Gasteiger partial charge in [-0.3, -0.25) is 4.99 Å². The van der Waals surface area contributed by atoms with Crippen molar-refractivity contribution in [3.05, 3.63) is 35.9 Å². The van der Waals surface area contributed by atoms with Gasteiger partial charge in [-0.25, -0.2) is 0 Å². The summed E-state index contributed by atoms with van der Waals surface area (Å²) in [5, 5.41) is 0. The fourth-order valence-electron chi connectivity index (χ4n) is 1.72. The summed E-state index contributed by atoms with van der Waals surface area (Å²) in [5.74, 6) is 0.793. The minimum atomic E-state index is 0.316. The van der Waals surface area contributed by atoms with Crippen molar-refractivity contribution in [3.8, 4) is 0 Å². The lowest BCUT2D eigenvalue weighted by Crippen LogP contribution is -1.98. The average Bonchev–Trinajstić information content (AvgIpc) is 3.02. The monoisotopic (exact) mass is 187 g/mol. The van der Waals surface area contributed by atoms with Gasteiger partial charge in [0.25, 0.3) is 0 Å². The molecule has 1 aliphatic carbocycles. The molecule has 0 unspecified atom stereocenters. The van der Waals surface area contributed by atoms with E-state index in [1.807, 2.05) is 6.07 Å². The lowest BCUT2D eigenvalue weighted by Gasteiger charge is -2.08. The molecule has 1 atom stereocenters. The number of hydrogen-bond acceptors (Lipinski definition) is 1. The van der Waals surface area contributed by atoms with Crippen LogP contribution in [0.25, 0.3) is 0 Å². The lowest BCUT2D eigenvalue weighted by atomic mass is 10.1. The molecule has 1 fully saturated rings. The van der Waals surface area contributed by atoms with Gasteiger partial charge in [0, 0.05) is 5.71 Å². The Morgan fingerprint density at radius 3 is 2.50 bits per heavy atom. The lowest BCUT2D eigenvalue weighted by molar-refractivity contribution is 0.810. The smallest absolute Gasteiger partial charge is 0.0720 e. The molecule has 0 radical (unpaired) electrons. The van der Waals surface area contributed by atoms with Crippen molar-refractivity contribution >= 4 is 5.71 Å². The number of rotatable bonds is 3. The molecular formula is C13H17N. The standard InChI is InChI=1S/C13H17N/c1-10(12-6-4-3-5-7-12)14-11(2)13-8-9-13/h3-7,10,13H,8-9H2,1-2H3/t10-/m0/s1. The summed E-state index contributed by atoms with van der Waals surface area (Å²) < 4.78 is 0. The summed E-state index contributed by atoms with van der Waals surface area (Å²) in [5.41, 5.74) is 2.65. The van der Waals surface area contributed by atoms with Crippen molar-refractivity contribution < 1.29 is 0 Å². The minimum Gasteiger partial charge on any atom is -0.286 e. The molecule has 0 aliphatic heterocycles. The quantitative estimate of drug-likeness (QED) is 0.641. The molecule has 14 heavy (non-hydrogen) atoms. The van der Waals surface area contributed by atoms with Crippen molar-refractivity contribution in [2.45, 2.75) is 32.7 Å². The minimum absolute atomic E-state index is 0.316. The summed E-state index contributed by atoms with van der Waals surface area (Å²) in [6, 6.07) is 10.8. The van der Waals surface area contributed by atoms with E-state index in [1.165, 1.54) is 24.1 Å². The predicted molar refractivity (Wildman–Crippen MR) is 60.7 cm³/mol. The first-order valence-corrected chi connectivity index (χ1v) is 5.36. The summed E-state index contributed by atoms with van der Waals surface area (Å²) in [4.78, 5) is 4.73. The van der Waals surface area contributed by atoms with Crippen LogP contribution in [0, 0.1) is 5.92 Å². The van der Waals surface area contributed by atoms with E-state index in [2.05, 4.69) is 38.1 Å². The highest BCUT2D eigenvalue weighted by atomic mass is 14.8. The van der Waals surface area contributed by atoms with Crippen LogP contribution in [0.3, 0.4) is 0 Å². The van der Waals surface area contributed by atoms with Crippen LogP contribution in [-0.2, 0) is 0 Å². The van der Waals surface area contributed by atoms with Crippen LogP contribution in [-0.4, -0.2) is 5.71 Å². The molecule has 0 N–H and O–H groups in total. The molecular weight excluding hydrogens is 170 g/mol. The highest BCUT2D eigenvalue weighted by Gasteiger charge is 2.24. The zero-order chi connectivity index (χ0) is 9.97. The molecule has 1 aromatic rings. The zero-order valence-electron chi connectivity index (χ0n) is 8.90. The van der Waals surface area contributed by atoms with E-state index in [0.717, 1.165) is 5.92 Å². The van der Waals surface area contributed by atoms with Crippen LogP contribution in [0.4, 0.5) is 0 Å². The summed E-state index contributed by atoms with van der Waals surface area (Å²) in [7, 11) is 0. The van der Waals surface area contributed by atoms with Crippen molar-refractivity contribution in [2.24, 2.45) is 10.9 Å². The van der Waals surface area contributed by atoms with Gasteiger partial charge in [-0.05, 0) is 38.2 Å². The van der Waals surface area contributed by atoms with Gasteiger partial charge in [-0.15, -0.1) is 0 Å². The molecule has 74 valence electrons. The number of benzene rings is 1. The molecule has 1 aliphatic rings. The van der Waals surface area contributed by atoms with Crippen LogP contribution in [0.15, 0.2) is 35.3 Å². The number of hydrogen-bond donors (Lipinski definition) is 0. The Kier molecular flexibility index (Phi) is 2.67. The number of nitrogens with zero attached hydrogens (tertiary/aromatic N) is 1. The first kappa shape index (κ1) is 9.45. The van der Waals surface area contributed by atoms with Crippen molar-refractivity contribution in [3.63, 3.8) is 0 Å². The Morgan fingerprint density at radius 1 is 1.29 bits per heavy atom. The van der Waals surface area contributed by atoms with Gasteiger partial charge in [0.2, 0.25) is 0 Å². The van der Waals surface area contributed by atoms with Gasteiger partial charge in [0.1, 0.15) is 0 Å². The van der Waals surface area contributed by atoms with Crippen LogP contribution in [0.2, 0.25) is 0 Å². The average molecular weight is 187 g/mol. The maximum absolute atomic E-state index is 4.73. The van der Waals surface area contributed by atoms with Gasteiger partial charge < -0.3 is 0 Å². The maximum atomic E-state index is 4.73. The molecule has 1 heteroatoms. The molecule has 0 spiro atoms. The second-order valence-corrected chi connectivity index (χ2v) is 4.13. The van der Waals surface area contributed by atoms with Gasteiger partial charge in [0.05, 0.1) is 6.04 Å². The van der Waals surface area contributed by atoms with Crippen LogP contribution in [0.1, 0.15) is 38.3 Å². The normalized spacial score (nSPS) is 19.4. The molecule has 0 heterocycles. The molecule has 0 saturated heterocycles. The largest absolute Gasteiger partial charge is 0.286 e. The first-order chi connectivity index (χ1) is 6.77. The fourth-order valence-corrected chi connectivity index (χ4v) is 1.72. The van der Waals surface area contributed by atoms with E-state index < -0.39 is 0 Å². The Bertz CT molecular complexity index is 322. The summed E-state index contributed by atoms with van der Waals surface area (Å²) in [6.07, 6.45) is 2.69. The molecule has 1 saturated carbocycles. The van der Waals surface area contributed by atoms with E-state index in [0.29, 0.717) is 6.04 Å². The molecule has 1 aromatic carbocycles. The van der Waals surface area contributed by atoms with Gasteiger partial charge in [-0.2, -0.15) is 0 Å². The Labute approximate surface area is 85.9 Å². The molecule has 1 nitrogen and oxygen atoms in total. The van der Waals surface area contributed by atoms with Crippen LogP contribution in [0.5, 0.6) is 0 Å². The van der Waals surface area contributed by atoms with Crippen LogP contribution >= 0.6 is 0 Å². The third-order valence-electron chi connectivity index (χ3n) is 2.85. The Morgan fingerprint density at radius 2 is 1.93 bits per heavy atom. The molecule has 0 amide bonds. The van der Waals surface area contributed by atoms with Crippen molar-refractivity contribution in [2.75, 3.05) is 0 Å². The second-order valence-electron chi connectivity index (χ2n) is 4.13. The highest BCUT2D eigenvalue weighted by Crippen LogP contribution is 2.31. The first-order valence-electron chi connectivity index (χ1n) is 5.36. The maximum Gasteiger partial charge on any atom is 0.0720 e. The Balaban J connectivity index is 2.08. The SMILES string of the molecule is CC(=N[C@@H](C)c1ccccc1)C1CC1. The highest BCUT2D eigenvalue weighted by molar-refractivity contribution is 5.86.